The second-order valence-corrected chi connectivity index (χ2v) is 5.91. The van der Waals surface area contributed by atoms with Crippen molar-refractivity contribution in [2.24, 2.45) is 0 Å². The molecule has 1 amide bonds. The van der Waals surface area contributed by atoms with E-state index in [0.29, 0.717) is 36.0 Å². The molecule has 3 rings (SSSR count). The third-order valence-electron chi connectivity index (χ3n) is 3.58. The highest BCUT2D eigenvalue weighted by molar-refractivity contribution is 6.34. The largest absolute Gasteiger partial charge is 0.475 e. The van der Waals surface area contributed by atoms with Crippen molar-refractivity contribution in [2.75, 3.05) is 13.2 Å². The zero-order valence-electron chi connectivity index (χ0n) is 12.1. The average molecular weight is 356 g/mol. The molecule has 122 valence electrons. The number of carbonyl (C=O) groups is 1. The maximum Gasteiger partial charge on any atom is 0.273 e. The average Bonchev–Trinajstić information content (AvgIpc) is 3.11. The molecule has 0 aliphatic carbocycles. The minimum Gasteiger partial charge on any atom is -0.475 e. The Kier molecular flexibility index (Phi) is 4.75. The van der Waals surface area contributed by atoms with Gasteiger partial charge in [-0.1, -0.05) is 41.4 Å². The molecule has 2 aromatic rings. The van der Waals surface area contributed by atoms with Crippen molar-refractivity contribution in [1.82, 2.24) is 15.1 Å². The van der Waals surface area contributed by atoms with Gasteiger partial charge in [0, 0.05) is 11.6 Å². The Balaban J connectivity index is 1.57. The minimum atomic E-state index is -0.755. The van der Waals surface area contributed by atoms with Gasteiger partial charge in [0.05, 0.1) is 12.6 Å². The molecule has 1 atom stereocenters. The zero-order valence-corrected chi connectivity index (χ0v) is 13.6. The first kappa shape index (κ1) is 16.1. The van der Waals surface area contributed by atoms with Gasteiger partial charge in [0.15, 0.2) is 5.69 Å². The molecule has 2 heterocycles. The summed E-state index contributed by atoms with van der Waals surface area (Å²) in [4.78, 5) is 12.1. The van der Waals surface area contributed by atoms with Crippen LogP contribution in [0.25, 0.3) is 0 Å². The first-order chi connectivity index (χ1) is 11.1. The highest BCUT2D eigenvalue weighted by Crippen LogP contribution is 2.31. The number of halogens is 2. The van der Waals surface area contributed by atoms with Gasteiger partial charge in [-0.15, -0.1) is 0 Å². The lowest BCUT2D eigenvalue weighted by Crippen LogP contribution is -2.26. The first-order valence-corrected chi connectivity index (χ1v) is 7.93. The van der Waals surface area contributed by atoms with Crippen molar-refractivity contribution >= 4 is 29.1 Å². The van der Waals surface area contributed by atoms with E-state index in [9.17, 15) is 9.90 Å². The molecule has 0 saturated carbocycles. The number of aliphatic hydroxyl groups excluding tert-OH is 1. The maximum absolute atomic E-state index is 12.1. The van der Waals surface area contributed by atoms with Crippen molar-refractivity contribution < 1.29 is 14.6 Å². The van der Waals surface area contributed by atoms with Crippen LogP contribution in [-0.4, -0.2) is 33.9 Å². The van der Waals surface area contributed by atoms with Crippen LogP contribution in [0.5, 0.6) is 5.88 Å². The number of hydrogen-bond donors (Lipinski definition) is 2. The quantitative estimate of drug-likeness (QED) is 0.863. The Morgan fingerprint density at radius 3 is 2.96 bits per heavy atom. The summed E-state index contributed by atoms with van der Waals surface area (Å²) in [7, 11) is 0. The number of aromatic nitrogens is 2. The molecule has 1 unspecified atom stereocenters. The Bertz CT molecular complexity index is 733. The number of nitrogens with one attached hydrogen (secondary N) is 1. The van der Waals surface area contributed by atoms with E-state index in [0.717, 1.165) is 0 Å². The molecule has 0 bridgehead atoms. The number of hydrogen-bond acceptors (Lipinski definition) is 4. The van der Waals surface area contributed by atoms with Gasteiger partial charge in [-0.2, -0.15) is 5.10 Å². The molecule has 2 N–H and O–H groups in total. The van der Waals surface area contributed by atoms with E-state index in [4.69, 9.17) is 27.9 Å². The summed E-state index contributed by atoms with van der Waals surface area (Å²) in [6.07, 6.45) is -0.424. The SMILES string of the molecule is O=C(NCCC(O)c1ccccc1Cl)c1nn2c(c1Cl)OCC2. The Morgan fingerprint density at radius 1 is 1.43 bits per heavy atom. The smallest absolute Gasteiger partial charge is 0.273 e. The molecule has 23 heavy (non-hydrogen) atoms. The van der Waals surface area contributed by atoms with Crippen LogP contribution in [0.15, 0.2) is 24.3 Å². The fourth-order valence-corrected chi connectivity index (χ4v) is 2.93. The van der Waals surface area contributed by atoms with Gasteiger partial charge in [0.25, 0.3) is 5.91 Å². The van der Waals surface area contributed by atoms with Crippen LogP contribution in [0.4, 0.5) is 0 Å². The summed E-state index contributed by atoms with van der Waals surface area (Å²) >= 11 is 12.1. The number of nitrogens with zero attached hydrogens (tertiary/aromatic N) is 2. The van der Waals surface area contributed by atoms with Gasteiger partial charge < -0.3 is 15.2 Å². The van der Waals surface area contributed by atoms with E-state index < -0.39 is 12.0 Å². The highest BCUT2D eigenvalue weighted by atomic mass is 35.5. The van der Waals surface area contributed by atoms with Crippen LogP contribution < -0.4 is 10.1 Å². The predicted molar refractivity (Wildman–Crippen MR) is 86.1 cm³/mol. The third kappa shape index (κ3) is 3.29. The molecular formula is C15H15Cl2N3O3. The van der Waals surface area contributed by atoms with Gasteiger partial charge >= 0.3 is 0 Å². The van der Waals surface area contributed by atoms with Crippen LogP contribution in [0.2, 0.25) is 10.0 Å². The molecule has 1 aliphatic rings. The number of carbonyl (C=O) groups excluding carboxylic acids is 1. The zero-order chi connectivity index (χ0) is 16.4. The molecular weight excluding hydrogens is 341 g/mol. The maximum atomic E-state index is 12.1. The van der Waals surface area contributed by atoms with E-state index in [-0.39, 0.29) is 17.3 Å². The highest BCUT2D eigenvalue weighted by Gasteiger charge is 2.26. The summed E-state index contributed by atoms with van der Waals surface area (Å²) < 4.78 is 6.87. The lowest BCUT2D eigenvalue weighted by molar-refractivity contribution is 0.0936. The number of fused-ring (bicyclic) bond motifs is 1. The van der Waals surface area contributed by atoms with Crippen LogP contribution >= 0.6 is 23.2 Å². The fraction of sp³-hybridized carbons (Fsp3) is 0.333. The molecule has 0 fully saturated rings. The number of ether oxygens (including phenoxy) is 1. The first-order valence-electron chi connectivity index (χ1n) is 7.17. The summed E-state index contributed by atoms with van der Waals surface area (Å²) in [5, 5.41) is 17.7. The van der Waals surface area contributed by atoms with Crippen molar-refractivity contribution in [3.8, 4) is 5.88 Å². The molecule has 1 aromatic heterocycles. The molecule has 1 aromatic carbocycles. The van der Waals surface area contributed by atoms with Crippen LogP contribution in [0, 0.1) is 0 Å². The molecule has 6 nitrogen and oxygen atoms in total. The third-order valence-corrected chi connectivity index (χ3v) is 4.26. The van der Waals surface area contributed by atoms with Crippen molar-refractivity contribution in [3.05, 3.63) is 45.6 Å². The van der Waals surface area contributed by atoms with Gasteiger partial charge in [-0.05, 0) is 18.1 Å². The van der Waals surface area contributed by atoms with E-state index >= 15 is 0 Å². The summed E-state index contributed by atoms with van der Waals surface area (Å²) in [5.74, 6) is 0.0276. The number of amides is 1. The van der Waals surface area contributed by atoms with Crippen molar-refractivity contribution in [1.29, 1.82) is 0 Å². The van der Waals surface area contributed by atoms with E-state index in [1.165, 1.54) is 0 Å². The van der Waals surface area contributed by atoms with Crippen molar-refractivity contribution in [2.45, 2.75) is 19.1 Å². The van der Waals surface area contributed by atoms with Gasteiger partial charge in [0.1, 0.15) is 11.6 Å². The normalized spacial score (nSPS) is 14.2. The predicted octanol–water partition coefficient (Wildman–Crippen LogP) is 2.44. The van der Waals surface area contributed by atoms with E-state index in [1.54, 1.807) is 28.9 Å². The topological polar surface area (TPSA) is 76.4 Å². The monoisotopic (exact) mass is 355 g/mol. The molecule has 0 saturated heterocycles. The lowest BCUT2D eigenvalue weighted by atomic mass is 10.1. The molecule has 0 spiro atoms. The number of rotatable bonds is 5. The number of benzene rings is 1. The molecule has 1 aliphatic heterocycles. The lowest BCUT2D eigenvalue weighted by Gasteiger charge is -2.12. The van der Waals surface area contributed by atoms with Crippen molar-refractivity contribution in [3.63, 3.8) is 0 Å². The van der Waals surface area contributed by atoms with Crippen LogP contribution in [-0.2, 0) is 6.54 Å². The minimum absolute atomic E-state index is 0.133. The summed E-state index contributed by atoms with van der Waals surface area (Å²) in [5.41, 5.74) is 0.768. The second kappa shape index (κ2) is 6.78. The van der Waals surface area contributed by atoms with Gasteiger partial charge in [-0.25, -0.2) is 4.68 Å². The van der Waals surface area contributed by atoms with E-state index in [1.807, 2.05) is 0 Å². The summed E-state index contributed by atoms with van der Waals surface area (Å²) in [6.45, 7) is 1.35. The Hall–Kier alpha value is -1.76. The molecule has 0 radical (unpaired) electrons. The fourth-order valence-electron chi connectivity index (χ4n) is 2.39. The standard InChI is InChI=1S/C15H15Cl2N3O3/c16-10-4-2-1-3-9(10)11(21)5-6-18-14(22)13-12(17)15-20(19-13)7-8-23-15/h1-4,11,21H,5-8H2,(H,18,22). The van der Waals surface area contributed by atoms with Gasteiger partial charge in [-0.3, -0.25) is 4.79 Å². The Labute approximate surface area is 143 Å². The van der Waals surface area contributed by atoms with Crippen LogP contribution in [0.1, 0.15) is 28.6 Å². The Morgan fingerprint density at radius 2 is 2.22 bits per heavy atom. The van der Waals surface area contributed by atoms with Gasteiger partial charge in [0.2, 0.25) is 5.88 Å². The second-order valence-electron chi connectivity index (χ2n) is 5.12. The summed E-state index contributed by atoms with van der Waals surface area (Å²) in [6, 6.07) is 7.06. The number of aliphatic hydroxyl groups is 1. The van der Waals surface area contributed by atoms with E-state index in [2.05, 4.69) is 10.4 Å². The van der Waals surface area contributed by atoms with Crippen LogP contribution in [0.3, 0.4) is 0 Å². The molecule has 8 heteroatoms.